The maximum absolute atomic E-state index is 12.0. The van der Waals surface area contributed by atoms with Crippen molar-refractivity contribution in [3.63, 3.8) is 0 Å². The molecule has 0 radical (unpaired) electrons. The lowest BCUT2D eigenvalue weighted by Crippen LogP contribution is -2.17. The number of nitrogens with two attached hydrogens (primary N) is 1. The molecule has 0 saturated heterocycles. The highest BCUT2D eigenvalue weighted by Gasteiger charge is 2.11. The lowest BCUT2D eigenvalue weighted by molar-refractivity contribution is -0.113. The van der Waals surface area contributed by atoms with Gasteiger partial charge in [0, 0.05) is 12.1 Å². The fraction of sp³-hybridized carbons (Fsp3) is 0.357. The molecule has 6 nitrogen and oxygen atoms in total. The van der Waals surface area contributed by atoms with Crippen molar-refractivity contribution >= 4 is 23.4 Å². The molecule has 21 heavy (non-hydrogen) atoms. The number of carbonyl (C=O) groups is 1. The molecule has 1 heterocycles. The Morgan fingerprint density at radius 3 is 2.52 bits per heavy atom. The molecule has 7 heteroatoms. The van der Waals surface area contributed by atoms with Crippen molar-refractivity contribution in [3.05, 3.63) is 35.2 Å². The zero-order chi connectivity index (χ0) is 15.4. The second-order valence-electron chi connectivity index (χ2n) is 4.84. The van der Waals surface area contributed by atoms with E-state index in [1.54, 1.807) is 0 Å². The number of hydrogen-bond acceptors (Lipinski definition) is 5. The van der Waals surface area contributed by atoms with Crippen molar-refractivity contribution in [3.8, 4) is 0 Å². The number of nitrogens with one attached hydrogen (secondary N) is 1. The number of nitrogens with zero attached hydrogens (tertiary/aromatic N) is 3. The van der Waals surface area contributed by atoms with E-state index >= 15 is 0 Å². The number of benzene rings is 1. The van der Waals surface area contributed by atoms with Crippen LogP contribution in [-0.2, 0) is 11.2 Å². The van der Waals surface area contributed by atoms with E-state index in [4.69, 9.17) is 5.84 Å². The molecule has 1 amide bonds. The molecule has 0 atom stereocenters. The van der Waals surface area contributed by atoms with Gasteiger partial charge in [-0.2, -0.15) is 0 Å². The summed E-state index contributed by atoms with van der Waals surface area (Å²) in [7, 11) is 0. The van der Waals surface area contributed by atoms with Crippen molar-refractivity contribution in [2.45, 2.75) is 32.3 Å². The van der Waals surface area contributed by atoms with Crippen LogP contribution in [0.3, 0.4) is 0 Å². The van der Waals surface area contributed by atoms with Gasteiger partial charge in [-0.15, -0.1) is 10.2 Å². The first-order chi connectivity index (χ1) is 9.99. The van der Waals surface area contributed by atoms with Crippen LogP contribution in [-0.4, -0.2) is 26.5 Å². The summed E-state index contributed by atoms with van der Waals surface area (Å²) < 4.78 is 1.43. The van der Waals surface area contributed by atoms with Crippen molar-refractivity contribution in [2.75, 3.05) is 16.9 Å². The molecule has 1 aromatic heterocycles. The van der Waals surface area contributed by atoms with E-state index in [1.165, 1.54) is 16.4 Å². The number of hydrogen-bond donors (Lipinski definition) is 2. The summed E-state index contributed by atoms with van der Waals surface area (Å²) >= 11 is 1.27. The highest BCUT2D eigenvalue weighted by molar-refractivity contribution is 7.99. The highest BCUT2D eigenvalue weighted by atomic mass is 32.2. The van der Waals surface area contributed by atoms with Gasteiger partial charge in [-0.3, -0.25) is 4.79 Å². The summed E-state index contributed by atoms with van der Waals surface area (Å²) in [6.07, 6.45) is 0.707. The number of thioether (sulfide) groups is 1. The average Bonchev–Trinajstić information content (AvgIpc) is 2.75. The first kappa shape index (κ1) is 15.4. The van der Waals surface area contributed by atoms with Crippen molar-refractivity contribution in [1.29, 1.82) is 0 Å². The predicted octanol–water partition coefficient (Wildman–Crippen LogP) is 1.90. The van der Waals surface area contributed by atoms with Crippen LogP contribution < -0.4 is 11.2 Å². The zero-order valence-electron chi connectivity index (χ0n) is 12.4. The second-order valence-corrected chi connectivity index (χ2v) is 5.78. The van der Waals surface area contributed by atoms with Crippen LogP contribution in [0, 0.1) is 13.8 Å². The maximum Gasteiger partial charge on any atom is 0.234 e. The van der Waals surface area contributed by atoms with E-state index in [1.807, 2.05) is 32.9 Å². The lowest BCUT2D eigenvalue weighted by atomic mass is 10.1. The van der Waals surface area contributed by atoms with Crippen LogP contribution in [0.5, 0.6) is 0 Å². The third kappa shape index (κ3) is 3.98. The third-order valence-electron chi connectivity index (χ3n) is 2.89. The van der Waals surface area contributed by atoms with Gasteiger partial charge in [0.15, 0.2) is 5.82 Å². The third-order valence-corrected chi connectivity index (χ3v) is 3.83. The molecular weight excluding hydrogens is 286 g/mol. The molecule has 112 valence electrons. The number of rotatable bonds is 5. The van der Waals surface area contributed by atoms with Gasteiger partial charge in [0.2, 0.25) is 11.1 Å². The molecule has 1 aromatic carbocycles. The summed E-state index contributed by atoms with van der Waals surface area (Å²) in [5.74, 6) is 6.68. The Kier molecular flexibility index (Phi) is 4.85. The Labute approximate surface area is 128 Å². The normalized spacial score (nSPS) is 10.6. The Hall–Kier alpha value is -2.02. The molecule has 0 aliphatic rings. The zero-order valence-corrected chi connectivity index (χ0v) is 13.2. The summed E-state index contributed by atoms with van der Waals surface area (Å²) in [6.45, 7) is 5.95. The van der Waals surface area contributed by atoms with Crippen LogP contribution in [0.1, 0.15) is 23.9 Å². The molecule has 0 unspecified atom stereocenters. The average molecular weight is 305 g/mol. The molecule has 2 rings (SSSR count). The van der Waals surface area contributed by atoms with Gasteiger partial charge in [0.1, 0.15) is 0 Å². The molecule has 0 bridgehead atoms. The number of amides is 1. The summed E-state index contributed by atoms with van der Waals surface area (Å²) in [6, 6.07) is 5.94. The first-order valence-electron chi connectivity index (χ1n) is 6.70. The molecule has 3 N–H and O–H groups in total. The number of aromatic nitrogens is 3. The van der Waals surface area contributed by atoms with E-state index in [9.17, 15) is 4.79 Å². The largest absolute Gasteiger partial charge is 0.336 e. The minimum Gasteiger partial charge on any atom is -0.336 e. The molecular formula is C14H19N5OS. The molecule has 0 aliphatic carbocycles. The fourth-order valence-corrected chi connectivity index (χ4v) is 2.70. The summed E-state index contributed by atoms with van der Waals surface area (Å²) in [4.78, 5) is 12.0. The van der Waals surface area contributed by atoms with Crippen molar-refractivity contribution < 1.29 is 4.79 Å². The Balaban J connectivity index is 1.94. The van der Waals surface area contributed by atoms with Gasteiger partial charge < -0.3 is 11.2 Å². The molecule has 0 fully saturated rings. The smallest absolute Gasteiger partial charge is 0.234 e. The minimum atomic E-state index is -0.0916. The highest BCUT2D eigenvalue weighted by Crippen LogP contribution is 2.17. The fourth-order valence-electron chi connectivity index (χ4n) is 2.02. The van der Waals surface area contributed by atoms with Gasteiger partial charge in [-0.05, 0) is 37.1 Å². The Bertz CT molecular complexity index is 633. The monoisotopic (exact) mass is 305 g/mol. The quantitative estimate of drug-likeness (QED) is 0.651. The van der Waals surface area contributed by atoms with Gasteiger partial charge in [-0.1, -0.05) is 24.8 Å². The molecule has 0 saturated carbocycles. The summed E-state index contributed by atoms with van der Waals surface area (Å²) in [5.41, 5.74) is 3.04. The van der Waals surface area contributed by atoms with Gasteiger partial charge in [0.05, 0.1) is 5.75 Å². The van der Waals surface area contributed by atoms with Crippen LogP contribution >= 0.6 is 11.8 Å². The van der Waals surface area contributed by atoms with Crippen LogP contribution in [0.4, 0.5) is 5.69 Å². The summed E-state index contributed by atoms with van der Waals surface area (Å²) in [5, 5.41) is 11.3. The molecule has 0 spiro atoms. The Morgan fingerprint density at radius 1 is 1.29 bits per heavy atom. The number of nitrogen functional groups attached to an aromatic ring is 1. The van der Waals surface area contributed by atoms with E-state index < -0.39 is 0 Å². The van der Waals surface area contributed by atoms with E-state index in [0.29, 0.717) is 17.4 Å². The number of carbonyl (C=O) groups excluding carboxylic acids is 1. The van der Waals surface area contributed by atoms with Crippen LogP contribution in [0.15, 0.2) is 23.4 Å². The lowest BCUT2D eigenvalue weighted by Gasteiger charge is -2.07. The van der Waals surface area contributed by atoms with E-state index in [0.717, 1.165) is 16.8 Å². The first-order valence-corrected chi connectivity index (χ1v) is 7.68. The topological polar surface area (TPSA) is 85.8 Å². The maximum atomic E-state index is 12.0. The second kappa shape index (κ2) is 6.62. The van der Waals surface area contributed by atoms with E-state index in [-0.39, 0.29) is 11.7 Å². The molecule has 2 aromatic rings. The standard InChI is InChI=1S/C14H19N5OS/c1-4-12-17-18-14(19(12)15)21-8-13(20)16-11-6-9(2)5-10(3)7-11/h5-7H,4,8,15H2,1-3H3,(H,16,20). The van der Waals surface area contributed by atoms with E-state index in [2.05, 4.69) is 21.6 Å². The minimum absolute atomic E-state index is 0.0916. The van der Waals surface area contributed by atoms with Crippen LogP contribution in [0.25, 0.3) is 0 Å². The number of anilines is 1. The van der Waals surface area contributed by atoms with Gasteiger partial charge in [-0.25, -0.2) is 4.68 Å². The van der Waals surface area contributed by atoms with Gasteiger partial charge in [0.25, 0.3) is 0 Å². The van der Waals surface area contributed by atoms with Crippen LogP contribution in [0.2, 0.25) is 0 Å². The van der Waals surface area contributed by atoms with Crippen molar-refractivity contribution in [2.24, 2.45) is 0 Å². The van der Waals surface area contributed by atoms with Gasteiger partial charge >= 0.3 is 0 Å². The van der Waals surface area contributed by atoms with Crippen molar-refractivity contribution in [1.82, 2.24) is 14.9 Å². The SMILES string of the molecule is CCc1nnc(SCC(=O)Nc2cc(C)cc(C)c2)n1N. The predicted molar refractivity (Wildman–Crippen MR) is 84.8 cm³/mol. The Morgan fingerprint density at radius 2 is 1.95 bits per heavy atom. The number of aryl methyl sites for hydroxylation is 3. The molecule has 0 aliphatic heterocycles.